The zero-order valence-corrected chi connectivity index (χ0v) is 9.97. The minimum atomic E-state index is -0.495. The Morgan fingerprint density at radius 2 is 2.06 bits per heavy atom. The largest absolute Gasteiger partial charge is 0.508 e. The number of carbonyl (C=O) groups is 1. The number of hydrogen-bond donors (Lipinski definition) is 2. The molecule has 1 atom stereocenters. The van der Waals surface area contributed by atoms with Crippen molar-refractivity contribution in [3.8, 4) is 5.75 Å². The standard InChI is InChI=1S/C13H18N2O2/c1-15(10-4-5-10)13(17)12(14)8-9-2-6-11(16)7-3-9/h2-3,6-7,10,12,16H,4-5,8,14H2,1H3/t12-/m0/s1. The maximum atomic E-state index is 11.9. The summed E-state index contributed by atoms with van der Waals surface area (Å²) >= 11 is 0. The second kappa shape index (κ2) is 4.75. The Balaban J connectivity index is 1.93. The Morgan fingerprint density at radius 3 is 2.59 bits per heavy atom. The maximum Gasteiger partial charge on any atom is 0.239 e. The molecule has 2 rings (SSSR count). The first-order valence-electron chi connectivity index (χ1n) is 5.88. The second-order valence-electron chi connectivity index (χ2n) is 4.66. The van der Waals surface area contributed by atoms with Crippen LogP contribution >= 0.6 is 0 Å². The van der Waals surface area contributed by atoms with Crippen LogP contribution < -0.4 is 5.73 Å². The van der Waals surface area contributed by atoms with E-state index in [1.165, 1.54) is 0 Å². The minimum absolute atomic E-state index is 0.000532. The number of aromatic hydroxyl groups is 1. The first-order chi connectivity index (χ1) is 8.08. The number of nitrogens with zero attached hydrogens (tertiary/aromatic N) is 1. The number of hydrogen-bond acceptors (Lipinski definition) is 3. The Kier molecular flexibility index (Phi) is 3.33. The Morgan fingerprint density at radius 1 is 1.47 bits per heavy atom. The topological polar surface area (TPSA) is 66.6 Å². The maximum absolute atomic E-state index is 11.9. The molecule has 3 N–H and O–H groups in total. The predicted molar refractivity (Wildman–Crippen MR) is 65.6 cm³/mol. The molecule has 0 spiro atoms. The fraction of sp³-hybridized carbons (Fsp3) is 0.462. The van der Waals surface area contributed by atoms with Gasteiger partial charge in [-0.25, -0.2) is 0 Å². The monoisotopic (exact) mass is 234 g/mol. The highest BCUT2D eigenvalue weighted by molar-refractivity contribution is 5.82. The van der Waals surface area contributed by atoms with Crippen LogP contribution in [-0.2, 0) is 11.2 Å². The van der Waals surface area contributed by atoms with Gasteiger partial charge < -0.3 is 15.7 Å². The van der Waals surface area contributed by atoms with E-state index >= 15 is 0 Å². The molecule has 0 radical (unpaired) electrons. The zero-order valence-electron chi connectivity index (χ0n) is 9.97. The highest BCUT2D eigenvalue weighted by Gasteiger charge is 2.31. The first-order valence-corrected chi connectivity index (χ1v) is 5.88. The molecule has 92 valence electrons. The number of benzene rings is 1. The van der Waals surface area contributed by atoms with Crippen molar-refractivity contribution in [2.24, 2.45) is 5.73 Å². The second-order valence-corrected chi connectivity index (χ2v) is 4.66. The van der Waals surface area contributed by atoms with Gasteiger partial charge in [-0.1, -0.05) is 12.1 Å². The number of nitrogens with two attached hydrogens (primary N) is 1. The summed E-state index contributed by atoms with van der Waals surface area (Å²) in [6.45, 7) is 0. The van der Waals surface area contributed by atoms with Gasteiger partial charge in [-0.05, 0) is 37.0 Å². The molecule has 1 aliphatic carbocycles. The van der Waals surface area contributed by atoms with Crippen molar-refractivity contribution in [3.05, 3.63) is 29.8 Å². The highest BCUT2D eigenvalue weighted by atomic mass is 16.3. The van der Waals surface area contributed by atoms with Crippen LogP contribution in [0.3, 0.4) is 0 Å². The molecule has 0 unspecified atom stereocenters. The van der Waals surface area contributed by atoms with Crippen molar-refractivity contribution in [2.75, 3.05) is 7.05 Å². The molecule has 17 heavy (non-hydrogen) atoms. The number of phenols is 1. The number of carbonyl (C=O) groups excluding carboxylic acids is 1. The van der Waals surface area contributed by atoms with Gasteiger partial charge in [0.05, 0.1) is 6.04 Å². The van der Waals surface area contributed by atoms with E-state index in [1.54, 1.807) is 29.2 Å². The molecule has 1 fully saturated rings. The molecule has 0 aliphatic heterocycles. The molecule has 1 saturated carbocycles. The molecule has 4 heteroatoms. The van der Waals surface area contributed by atoms with Crippen molar-refractivity contribution in [2.45, 2.75) is 31.3 Å². The summed E-state index contributed by atoms with van der Waals surface area (Å²) in [5.74, 6) is 0.226. The average molecular weight is 234 g/mol. The molecule has 4 nitrogen and oxygen atoms in total. The van der Waals surface area contributed by atoms with E-state index in [1.807, 2.05) is 7.05 Å². The molecule has 0 bridgehead atoms. The van der Waals surface area contributed by atoms with E-state index in [0.29, 0.717) is 12.5 Å². The lowest BCUT2D eigenvalue weighted by Crippen LogP contribution is -2.44. The molecule has 0 saturated heterocycles. The van der Waals surface area contributed by atoms with E-state index in [9.17, 15) is 4.79 Å². The third-order valence-corrected chi connectivity index (χ3v) is 3.15. The summed E-state index contributed by atoms with van der Waals surface area (Å²) in [6.07, 6.45) is 2.69. The van der Waals surface area contributed by atoms with Gasteiger partial charge in [-0.3, -0.25) is 4.79 Å². The van der Waals surface area contributed by atoms with Crippen molar-refractivity contribution >= 4 is 5.91 Å². The van der Waals surface area contributed by atoms with Crippen LogP contribution in [-0.4, -0.2) is 35.0 Å². The number of rotatable bonds is 4. The number of amides is 1. The Bertz CT molecular complexity index is 398. The SMILES string of the molecule is CN(C(=O)[C@@H](N)Cc1ccc(O)cc1)C1CC1. The zero-order chi connectivity index (χ0) is 12.4. The van der Waals surface area contributed by atoms with Crippen LogP contribution in [0.25, 0.3) is 0 Å². The van der Waals surface area contributed by atoms with Crippen LogP contribution in [0.2, 0.25) is 0 Å². The van der Waals surface area contributed by atoms with Crippen LogP contribution in [0.15, 0.2) is 24.3 Å². The van der Waals surface area contributed by atoms with Crippen LogP contribution in [0, 0.1) is 0 Å². The molecule has 1 aromatic carbocycles. The van der Waals surface area contributed by atoms with Crippen molar-refractivity contribution in [1.82, 2.24) is 4.90 Å². The summed E-state index contributed by atoms with van der Waals surface area (Å²) in [6, 6.07) is 6.70. The summed E-state index contributed by atoms with van der Waals surface area (Å²) < 4.78 is 0. The Hall–Kier alpha value is -1.55. The fourth-order valence-corrected chi connectivity index (χ4v) is 1.88. The summed E-state index contributed by atoms with van der Waals surface area (Å²) in [5, 5.41) is 9.16. The van der Waals surface area contributed by atoms with Crippen molar-refractivity contribution in [3.63, 3.8) is 0 Å². The van der Waals surface area contributed by atoms with Gasteiger partial charge in [0.15, 0.2) is 0 Å². The molecule has 1 amide bonds. The van der Waals surface area contributed by atoms with Gasteiger partial charge in [0.25, 0.3) is 0 Å². The number of likely N-dealkylation sites (N-methyl/N-ethyl adjacent to an activating group) is 1. The van der Waals surface area contributed by atoms with Crippen LogP contribution in [0.4, 0.5) is 0 Å². The van der Waals surface area contributed by atoms with E-state index in [0.717, 1.165) is 18.4 Å². The Labute approximate surface area is 101 Å². The van der Waals surface area contributed by atoms with Crippen molar-refractivity contribution in [1.29, 1.82) is 0 Å². The predicted octanol–water partition coefficient (Wildman–Crippen LogP) is 0.883. The van der Waals surface area contributed by atoms with Gasteiger partial charge in [0, 0.05) is 13.1 Å². The minimum Gasteiger partial charge on any atom is -0.508 e. The lowest BCUT2D eigenvalue weighted by molar-refractivity contribution is -0.131. The quantitative estimate of drug-likeness (QED) is 0.812. The van der Waals surface area contributed by atoms with E-state index in [2.05, 4.69) is 0 Å². The van der Waals surface area contributed by atoms with Gasteiger partial charge in [0.2, 0.25) is 5.91 Å². The van der Waals surface area contributed by atoms with Gasteiger partial charge >= 0.3 is 0 Å². The average Bonchev–Trinajstić information content (AvgIpc) is 3.14. The van der Waals surface area contributed by atoms with Gasteiger partial charge in [0.1, 0.15) is 5.75 Å². The number of phenolic OH excluding ortho intramolecular Hbond substituents is 1. The lowest BCUT2D eigenvalue weighted by Gasteiger charge is -2.20. The van der Waals surface area contributed by atoms with E-state index in [4.69, 9.17) is 10.8 Å². The summed E-state index contributed by atoms with van der Waals surface area (Å²) in [4.78, 5) is 13.7. The summed E-state index contributed by atoms with van der Waals surface area (Å²) in [7, 11) is 1.82. The first kappa shape index (κ1) is 11.9. The molecule has 0 heterocycles. The van der Waals surface area contributed by atoms with Crippen molar-refractivity contribution < 1.29 is 9.90 Å². The summed E-state index contributed by atoms with van der Waals surface area (Å²) in [5.41, 5.74) is 6.87. The van der Waals surface area contributed by atoms with E-state index < -0.39 is 6.04 Å². The molecular formula is C13H18N2O2. The van der Waals surface area contributed by atoms with E-state index in [-0.39, 0.29) is 11.7 Å². The highest BCUT2D eigenvalue weighted by Crippen LogP contribution is 2.25. The molecule has 1 aromatic rings. The lowest BCUT2D eigenvalue weighted by atomic mass is 10.1. The van der Waals surface area contributed by atoms with Crippen LogP contribution in [0.1, 0.15) is 18.4 Å². The third-order valence-electron chi connectivity index (χ3n) is 3.15. The van der Waals surface area contributed by atoms with Gasteiger partial charge in [-0.2, -0.15) is 0 Å². The normalized spacial score (nSPS) is 16.6. The fourth-order valence-electron chi connectivity index (χ4n) is 1.88. The molecule has 1 aliphatic rings. The third kappa shape index (κ3) is 2.97. The molecular weight excluding hydrogens is 216 g/mol. The smallest absolute Gasteiger partial charge is 0.239 e. The van der Waals surface area contributed by atoms with Crippen LogP contribution in [0.5, 0.6) is 5.75 Å². The van der Waals surface area contributed by atoms with Gasteiger partial charge in [-0.15, -0.1) is 0 Å². The molecule has 0 aromatic heterocycles.